The number of carbonyl (C=O) groups is 1. The van der Waals surface area contributed by atoms with Crippen molar-refractivity contribution in [3.8, 4) is 11.5 Å². The molecule has 0 bridgehead atoms. The maximum absolute atomic E-state index is 13.3. The number of aliphatic imine (C=N–C) groups is 1. The second-order valence-electron chi connectivity index (χ2n) is 5.18. The summed E-state index contributed by atoms with van der Waals surface area (Å²) < 4.78 is 23.9. The first-order valence-corrected chi connectivity index (χ1v) is 7.45. The van der Waals surface area contributed by atoms with Crippen molar-refractivity contribution >= 4 is 29.4 Å². The SMILES string of the molecule is O=C1NC(c2cccc(F)c2)=N/C1=C/c1cc2c(cc1Cl)OCO2. The number of rotatable bonds is 2. The molecule has 120 valence electrons. The standard InChI is InChI=1S/C17H10ClFN2O3/c18-12-7-15-14(23-8-24-15)6-10(12)5-13-17(22)21-16(20-13)9-2-1-3-11(19)4-9/h1-7H,8H2,(H,20,21,22)/b13-5+. The number of benzene rings is 2. The van der Waals surface area contributed by atoms with E-state index in [-0.39, 0.29) is 18.4 Å². The molecule has 0 saturated carbocycles. The number of ether oxygens (including phenoxy) is 2. The van der Waals surface area contributed by atoms with Crippen molar-refractivity contribution < 1.29 is 18.7 Å². The van der Waals surface area contributed by atoms with Crippen molar-refractivity contribution in [2.24, 2.45) is 4.99 Å². The van der Waals surface area contributed by atoms with Crippen LogP contribution >= 0.6 is 11.6 Å². The number of nitrogens with one attached hydrogen (secondary N) is 1. The van der Waals surface area contributed by atoms with Crippen molar-refractivity contribution in [2.45, 2.75) is 0 Å². The molecule has 24 heavy (non-hydrogen) atoms. The van der Waals surface area contributed by atoms with E-state index < -0.39 is 5.82 Å². The van der Waals surface area contributed by atoms with E-state index in [4.69, 9.17) is 21.1 Å². The van der Waals surface area contributed by atoms with Crippen LogP contribution in [0.1, 0.15) is 11.1 Å². The van der Waals surface area contributed by atoms with Gasteiger partial charge in [0.2, 0.25) is 6.79 Å². The average molecular weight is 345 g/mol. The van der Waals surface area contributed by atoms with E-state index in [0.29, 0.717) is 33.5 Å². The van der Waals surface area contributed by atoms with Gasteiger partial charge in [-0.3, -0.25) is 4.79 Å². The molecule has 2 aromatic carbocycles. The molecular formula is C17H10ClFN2O3. The minimum Gasteiger partial charge on any atom is -0.454 e. The normalized spacial score (nSPS) is 17.2. The lowest BCUT2D eigenvalue weighted by atomic mass is 10.1. The summed E-state index contributed by atoms with van der Waals surface area (Å²) in [6.45, 7) is 0.133. The topological polar surface area (TPSA) is 59.9 Å². The first-order chi connectivity index (χ1) is 11.6. The molecule has 0 fully saturated rings. The van der Waals surface area contributed by atoms with Crippen molar-refractivity contribution in [1.29, 1.82) is 0 Å². The Labute approximate surface area is 141 Å². The van der Waals surface area contributed by atoms with Gasteiger partial charge in [-0.05, 0) is 29.8 Å². The van der Waals surface area contributed by atoms with Crippen molar-refractivity contribution in [1.82, 2.24) is 5.32 Å². The second-order valence-corrected chi connectivity index (χ2v) is 5.59. The zero-order valence-electron chi connectivity index (χ0n) is 12.2. The van der Waals surface area contributed by atoms with E-state index in [2.05, 4.69) is 10.3 Å². The third-order valence-corrected chi connectivity index (χ3v) is 3.91. The van der Waals surface area contributed by atoms with Crippen LogP contribution in [0.3, 0.4) is 0 Å². The van der Waals surface area contributed by atoms with E-state index in [1.54, 1.807) is 30.3 Å². The summed E-state index contributed by atoms with van der Waals surface area (Å²) in [5.41, 5.74) is 1.24. The Balaban J connectivity index is 1.71. The molecule has 0 saturated heterocycles. The Morgan fingerprint density at radius 1 is 1.21 bits per heavy atom. The van der Waals surface area contributed by atoms with Gasteiger partial charge in [0.25, 0.3) is 5.91 Å². The van der Waals surface area contributed by atoms with E-state index in [1.807, 2.05) is 0 Å². The second kappa shape index (κ2) is 5.65. The molecule has 1 N–H and O–H groups in total. The summed E-state index contributed by atoms with van der Waals surface area (Å²) in [6, 6.07) is 9.15. The van der Waals surface area contributed by atoms with E-state index in [9.17, 15) is 9.18 Å². The molecule has 0 aliphatic carbocycles. The molecule has 0 atom stereocenters. The monoisotopic (exact) mass is 344 g/mol. The predicted octanol–water partition coefficient (Wildman–Crippen LogP) is 3.13. The van der Waals surface area contributed by atoms with E-state index in [1.165, 1.54) is 12.1 Å². The van der Waals surface area contributed by atoms with Crippen LogP contribution < -0.4 is 14.8 Å². The molecule has 0 aromatic heterocycles. The first-order valence-electron chi connectivity index (χ1n) is 7.07. The molecular weight excluding hydrogens is 335 g/mol. The smallest absolute Gasteiger partial charge is 0.275 e. The van der Waals surface area contributed by atoms with Crippen LogP contribution in [0, 0.1) is 5.82 Å². The van der Waals surface area contributed by atoms with Gasteiger partial charge in [-0.25, -0.2) is 9.38 Å². The Morgan fingerprint density at radius 3 is 2.79 bits per heavy atom. The minimum atomic E-state index is -0.402. The fraction of sp³-hybridized carbons (Fsp3) is 0.0588. The number of carbonyl (C=O) groups excluding carboxylic acids is 1. The molecule has 7 heteroatoms. The number of fused-ring (bicyclic) bond motifs is 1. The fourth-order valence-electron chi connectivity index (χ4n) is 2.43. The van der Waals surface area contributed by atoms with Crippen LogP contribution in [0.2, 0.25) is 5.02 Å². The number of hydrogen-bond donors (Lipinski definition) is 1. The first kappa shape index (κ1) is 14.7. The summed E-state index contributed by atoms with van der Waals surface area (Å²) >= 11 is 6.20. The van der Waals surface area contributed by atoms with Gasteiger partial charge in [-0.15, -0.1) is 0 Å². The van der Waals surface area contributed by atoms with Gasteiger partial charge in [0.15, 0.2) is 11.5 Å². The number of amidine groups is 1. The van der Waals surface area contributed by atoms with Gasteiger partial charge >= 0.3 is 0 Å². The average Bonchev–Trinajstić information content (AvgIpc) is 3.14. The highest BCUT2D eigenvalue weighted by atomic mass is 35.5. The molecule has 0 radical (unpaired) electrons. The van der Waals surface area contributed by atoms with Crippen LogP contribution in [0.25, 0.3) is 6.08 Å². The van der Waals surface area contributed by atoms with Crippen LogP contribution in [0.15, 0.2) is 47.1 Å². The van der Waals surface area contributed by atoms with E-state index >= 15 is 0 Å². The Hall–Kier alpha value is -2.86. The molecule has 5 nitrogen and oxygen atoms in total. The highest BCUT2D eigenvalue weighted by Crippen LogP contribution is 2.37. The van der Waals surface area contributed by atoms with Gasteiger partial charge in [0.05, 0.1) is 5.02 Å². The summed E-state index contributed by atoms with van der Waals surface area (Å²) in [6.07, 6.45) is 1.55. The molecule has 2 aliphatic rings. The largest absolute Gasteiger partial charge is 0.454 e. The van der Waals surface area contributed by atoms with E-state index in [0.717, 1.165) is 0 Å². The maximum atomic E-state index is 13.3. The summed E-state index contributed by atoms with van der Waals surface area (Å²) in [7, 11) is 0. The Kier molecular flexibility index (Phi) is 3.46. The molecule has 2 heterocycles. The molecule has 4 rings (SSSR count). The number of nitrogens with zero attached hydrogens (tertiary/aromatic N) is 1. The molecule has 1 amide bonds. The number of halogens is 2. The summed E-state index contributed by atoms with van der Waals surface area (Å²) in [5.74, 6) is 0.618. The Bertz CT molecular complexity index is 924. The van der Waals surface area contributed by atoms with Gasteiger partial charge in [0, 0.05) is 11.6 Å². The quantitative estimate of drug-likeness (QED) is 0.851. The van der Waals surface area contributed by atoms with Gasteiger partial charge in [0.1, 0.15) is 17.3 Å². The van der Waals surface area contributed by atoms with Gasteiger partial charge in [-0.1, -0.05) is 23.7 Å². The van der Waals surface area contributed by atoms with Crippen LogP contribution in [0.5, 0.6) is 11.5 Å². The molecule has 0 spiro atoms. The van der Waals surface area contributed by atoms with Crippen LogP contribution in [0.4, 0.5) is 4.39 Å². The zero-order chi connectivity index (χ0) is 16.7. The van der Waals surface area contributed by atoms with Crippen molar-refractivity contribution in [3.05, 3.63) is 64.1 Å². The number of hydrogen-bond acceptors (Lipinski definition) is 4. The lowest BCUT2D eigenvalue weighted by molar-refractivity contribution is -0.115. The Morgan fingerprint density at radius 2 is 2.00 bits per heavy atom. The molecule has 2 aromatic rings. The summed E-state index contributed by atoms with van der Waals surface area (Å²) in [5, 5.41) is 3.03. The summed E-state index contributed by atoms with van der Waals surface area (Å²) in [4.78, 5) is 16.3. The van der Waals surface area contributed by atoms with Gasteiger partial charge in [-0.2, -0.15) is 0 Å². The molecule has 2 aliphatic heterocycles. The number of amides is 1. The highest BCUT2D eigenvalue weighted by molar-refractivity contribution is 6.32. The van der Waals surface area contributed by atoms with Crippen molar-refractivity contribution in [3.63, 3.8) is 0 Å². The predicted molar refractivity (Wildman–Crippen MR) is 86.6 cm³/mol. The highest BCUT2D eigenvalue weighted by Gasteiger charge is 2.23. The minimum absolute atomic E-state index is 0.133. The third-order valence-electron chi connectivity index (χ3n) is 3.58. The van der Waals surface area contributed by atoms with Gasteiger partial charge < -0.3 is 14.8 Å². The third kappa shape index (κ3) is 2.61. The molecule has 0 unspecified atom stereocenters. The maximum Gasteiger partial charge on any atom is 0.275 e. The lowest BCUT2D eigenvalue weighted by Gasteiger charge is -2.01. The zero-order valence-corrected chi connectivity index (χ0v) is 12.9. The van der Waals surface area contributed by atoms with Crippen molar-refractivity contribution in [2.75, 3.05) is 6.79 Å². The van der Waals surface area contributed by atoms with Crippen LogP contribution in [-0.2, 0) is 4.79 Å². The lowest BCUT2D eigenvalue weighted by Crippen LogP contribution is -2.24. The fourth-order valence-corrected chi connectivity index (χ4v) is 2.64. The van der Waals surface area contributed by atoms with Crippen LogP contribution in [-0.4, -0.2) is 18.5 Å².